The Kier molecular flexibility index (Phi) is 5.14. The summed E-state index contributed by atoms with van der Waals surface area (Å²) in [6, 6.07) is 9.16. The molecule has 1 atom stereocenters. The predicted molar refractivity (Wildman–Crippen MR) is 108 cm³/mol. The fourth-order valence-corrected chi connectivity index (χ4v) is 5.30. The minimum atomic E-state index is -0.735. The zero-order chi connectivity index (χ0) is 19.7. The topological polar surface area (TPSA) is 78.9 Å². The standard InChI is InChI=1S/C23H29N3O2/c1-16(17-5-3-2-4-6-17)26-21-13-20(8-7-19(21)14-25-26)23(15-24)11-9-18(10-12-23)22(27)28/h7-8,13-14,16-18H,2-6,9-12H2,1H3,(H,27,28). The third-order valence-electron chi connectivity index (χ3n) is 7.27. The smallest absolute Gasteiger partial charge is 0.306 e. The number of aromatic nitrogens is 2. The van der Waals surface area contributed by atoms with Crippen LogP contribution < -0.4 is 0 Å². The van der Waals surface area contributed by atoms with Crippen LogP contribution in [-0.2, 0) is 10.2 Å². The molecule has 2 aliphatic rings. The molecule has 0 spiro atoms. The van der Waals surface area contributed by atoms with Crippen LogP contribution in [0.5, 0.6) is 0 Å². The summed E-state index contributed by atoms with van der Waals surface area (Å²) < 4.78 is 2.16. The highest BCUT2D eigenvalue weighted by Gasteiger charge is 2.39. The van der Waals surface area contributed by atoms with Gasteiger partial charge in [-0.1, -0.05) is 31.4 Å². The first-order valence-corrected chi connectivity index (χ1v) is 10.7. The Hall–Kier alpha value is -2.35. The largest absolute Gasteiger partial charge is 0.481 e. The Morgan fingerprint density at radius 2 is 1.96 bits per heavy atom. The molecule has 0 radical (unpaired) electrons. The molecule has 4 rings (SSSR count). The van der Waals surface area contributed by atoms with Crippen LogP contribution in [0.15, 0.2) is 24.4 Å². The molecule has 1 aromatic heterocycles. The Morgan fingerprint density at radius 3 is 2.61 bits per heavy atom. The van der Waals surface area contributed by atoms with Crippen LogP contribution in [0.2, 0.25) is 0 Å². The van der Waals surface area contributed by atoms with Gasteiger partial charge in [-0.25, -0.2) is 0 Å². The van der Waals surface area contributed by atoms with E-state index in [1.165, 1.54) is 32.1 Å². The Labute approximate surface area is 166 Å². The zero-order valence-corrected chi connectivity index (χ0v) is 16.6. The lowest BCUT2D eigenvalue weighted by Gasteiger charge is -2.34. The van der Waals surface area contributed by atoms with Crippen molar-refractivity contribution in [3.05, 3.63) is 30.0 Å². The number of nitrogens with zero attached hydrogens (tertiary/aromatic N) is 3. The van der Waals surface area contributed by atoms with Gasteiger partial charge in [0.15, 0.2) is 0 Å². The highest BCUT2D eigenvalue weighted by atomic mass is 16.4. The molecule has 5 nitrogen and oxygen atoms in total. The van der Waals surface area contributed by atoms with Crippen LogP contribution in [0.4, 0.5) is 0 Å². The molecule has 28 heavy (non-hydrogen) atoms. The number of aliphatic carboxylic acids is 1. The Morgan fingerprint density at radius 1 is 1.25 bits per heavy atom. The third-order valence-corrected chi connectivity index (χ3v) is 7.27. The Balaban J connectivity index is 1.65. The molecular weight excluding hydrogens is 350 g/mol. The maximum absolute atomic E-state index is 11.3. The number of hydrogen-bond donors (Lipinski definition) is 1. The van der Waals surface area contributed by atoms with E-state index >= 15 is 0 Å². The normalized spacial score (nSPS) is 27.4. The number of carbonyl (C=O) groups is 1. The quantitative estimate of drug-likeness (QED) is 0.790. The summed E-state index contributed by atoms with van der Waals surface area (Å²) in [6.07, 6.45) is 10.8. The molecular formula is C23H29N3O2. The van der Waals surface area contributed by atoms with Crippen molar-refractivity contribution in [2.45, 2.75) is 76.2 Å². The van der Waals surface area contributed by atoms with Gasteiger partial charge in [-0.2, -0.15) is 10.4 Å². The molecule has 1 heterocycles. The highest BCUT2D eigenvalue weighted by Crippen LogP contribution is 2.42. The van der Waals surface area contributed by atoms with Crippen molar-refractivity contribution >= 4 is 16.9 Å². The van der Waals surface area contributed by atoms with E-state index in [1.54, 1.807) is 0 Å². The van der Waals surface area contributed by atoms with Crippen molar-refractivity contribution in [1.29, 1.82) is 5.26 Å². The van der Waals surface area contributed by atoms with Gasteiger partial charge in [0, 0.05) is 5.39 Å². The van der Waals surface area contributed by atoms with Crippen molar-refractivity contribution in [3.63, 3.8) is 0 Å². The second kappa shape index (κ2) is 7.58. The number of benzene rings is 1. The number of hydrogen-bond acceptors (Lipinski definition) is 3. The monoisotopic (exact) mass is 379 g/mol. The van der Waals surface area contributed by atoms with Crippen LogP contribution in [0.25, 0.3) is 10.9 Å². The van der Waals surface area contributed by atoms with Crippen LogP contribution >= 0.6 is 0 Å². The summed E-state index contributed by atoms with van der Waals surface area (Å²) in [5, 5.41) is 25.1. The zero-order valence-electron chi connectivity index (χ0n) is 16.6. The van der Waals surface area contributed by atoms with Gasteiger partial charge in [0.1, 0.15) is 0 Å². The van der Waals surface area contributed by atoms with E-state index in [-0.39, 0.29) is 5.92 Å². The highest BCUT2D eigenvalue weighted by molar-refractivity contribution is 5.80. The van der Waals surface area contributed by atoms with Crippen molar-refractivity contribution < 1.29 is 9.90 Å². The van der Waals surface area contributed by atoms with Gasteiger partial charge in [0.25, 0.3) is 0 Å². The molecule has 2 fully saturated rings. The second-order valence-corrected chi connectivity index (χ2v) is 8.81. The average molecular weight is 380 g/mol. The minimum absolute atomic E-state index is 0.318. The number of rotatable bonds is 4. The SMILES string of the molecule is CC(C1CCCCC1)n1ncc2ccc(C3(C#N)CCC(C(=O)O)CC3)cc21. The first-order valence-electron chi connectivity index (χ1n) is 10.7. The third kappa shape index (κ3) is 3.30. The van der Waals surface area contributed by atoms with E-state index in [1.807, 2.05) is 12.3 Å². The molecule has 1 unspecified atom stereocenters. The molecule has 0 bridgehead atoms. The average Bonchev–Trinajstić information content (AvgIpc) is 3.17. The molecule has 1 aromatic carbocycles. The summed E-state index contributed by atoms with van der Waals surface area (Å²) in [5.41, 5.74) is 1.54. The van der Waals surface area contributed by atoms with E-state index in [0.717, 1.165) is 16.5 Å². The van der Waals surface area contributed by atoms with E-state index in [4.69, 9.17) is 5.10 Å². The lowest BCUT2D eigenvalue weighted by Crippen LogP contribution is -2.32. The van der Waals surface area contributed by atoms with Gasteiger partial charge < -0.3 is 5.11 Å². The first-order chi connectivity index (χ1) is 13.5. The minimum Gasteiger partial charge on any atom is -0.481 e. The van der Waals surface area contributed by atoms with E-state index in [9.17, 15) is 15.2 Å². The maximum atomic E-state index is 11.3. The molecule has 148 valence electrons. The summed E-state index contributed by atoms with van der Waals surface area (Å²) >= 11 is 0. The molecule has 2 aromatic rings. The first kappa shape index (κ1) is 19.0. The predicted octanol–water partition coefficient (Wildman–Crippen LogP) is 5.21. The summed E-state index contributed by atoms with van der Waals surface area (Å²) in [6.45, 7) is 2.27. The van der Waals surface area contributed by atoms with Crippen LogP contribution in [0.1, 0.15) is 76.3 Å². The van der Waals surface area contributed by atoms with Crippen LogP contribution in [-0.4, -0.2) is 20.9 Å². The van der Waals surface area contributed by atoms with Gasteiger partial charge in [-0.15, -0.1) is 0 Å². The van der Waals surface area contributed by atoms with E-state index in [2.05, 4.69) is 29.8 Å². The molecule has 5 heteroatoms. The number of carboxylic acids is 1. The fourth-order valence-electron chi connectivity index (χ4n) is 5.30. The molecule has 0 amide bonds. The summed E-state index contributed by atoms with van der Waals surface area (Å²) in [7, 11) is 0. The van der Waals surface area contributed by atoms with Gasteiger partial charge in [0.2, 0.25) is 0 Å². The second-order valence-electron chi connectivity index (χ2n) is 8.81. The lowest BCUT2D eigenvalue weighted by atomic mass is 9.67. The van der Waals surface area contributed by atoms with E-state index in [0.29, 0.717) is 37.6 Å². The number of nitriles is 1. The van der Waals surface area contributed by atoms with Gasteiger partial charge in [-0.05, 0) is 63.0 Å². The van der Waals surface area contributed by atoms with Crippen molar-refractivity contribution in [2.24, 2.45) is 11.8 Å². The molecule has 0 saturated heterocycles. The van der Waals surface area contributed by atoms with E-state index < -0.39 is 11.4 Å². The number of carboxylic acid groups (broad SMARTS) is 1. The fraction of sp³-hybridized carbons (Fsp3) is 0.609. The summed E-state index contributed by atoms with van der Waals surface area (Å²) in [4.78, 5) is 11.3. The van der Waals surface area contributed by atoms with Crippen molar-refractivity contribution in [3.8, 4) is 6.07 Å². The number of fused-ring (bicyclic) bond motifs is 1. The molecule has 2 saturated carbocycles. The van der Waals surface area contributed by atoms with Gasteiger partial charge in [-0.3, -0.25) is 9.48 Å². The van der Waals surface area contributed by atoms with Crippen molar-refractivity contribution in [2.75, 3.05) is 0 Å². The molecule has 1 N–H and O–H groups in total. The van der Waals surface area contributed by atoms with Crippen LogP contribution in [0.3, 0.4) is 0 Å². The Bertz CT molecular complexity index is 896. The van der Waals surface area contributed by atoms with Gasteiger partial charge >= 0.3 is 5.97 Å². The summed E-state index contributed by atoms with van der Waals surface area (Å²) in [5.74, 6) is -0.389. The molecule has 2 aliphatic carbocycles. The van der Waals surface area contributed by atoms with Crippen molar-refractivity contribution in [1.82, 2.24) is 9.78 Å². The maximum Gasteiger partial charge on any atom is 0.306 e. The van der Waals surface area contributed by atoms with Gasteiger partial charge in [0.05, 0.1) is 35.2 Å². The molecule has 0 aliphatic heterocycles. The van der Waals surface area contributed by atoms with Crippen LogP contribution in [0, 0.1) is 23.2 Å². The lowest BCUT2D eigenvalue weighted by molar-refractivity contribution is -0.143.